The second-order valence-electron chi connectivity index (χ2n) is 12.2. The van der Waals surface area contributed by atoms with E-state index < -0.39 is 0 Å². The zero-order valence-electron chi connectivity index (χ0n) is 22.5. The van der Waals surface area contributed by atoms with Crippen LogP contribution in [-0.2, 0) is 17.3 Å². The number of nitrogens with zero attached hydrogens (tertiary/aromatic N) is 1. The predicted octanol–water partition coefficient (Wildman–Crippen LogP) is 6.32. The third-order valence-electron chi connectivity index (χ3n) is 7.25. The summed E-state index contributed by atoms with van der Waals surface area (Å²) in [5.74, 6) is 1.18. The van der Waals surface area contributed by atoms with Crippen LogP contribution in [0.3, 0.4) is 0 Å². The lowest BCUT2D eigenvalue weighted by Crippen LogP contribution is -2.33. The molecule has 1 aliphatic rings. The van der Waals surface area contributed by atoms with Crippen LogP contribution in [-0.4, -0.2) is 34.7 Å². The molecule has 0 saturated carbocycles. The molecule has 190 valence electrons. The van der Waals surface area contributed by atoms with Gasteiger partial charge in [0.15, 0.2) is 5.78 Å². The van der Waals surface area contributed by atoms with Crippen LogP contribution in [0.5, 0.6) is 5.75 Å². The first-order valence-electron chi connectivity index (χ1n) is 12.8. The van der Waals surface area contributed by atoms with Gasteiger partial charge in [0.2, 0.25) is 0 Å². The molecule has 2 aromatic rings. The molecule has 0 bridgehead atoms. The lowest BCUT2D eigenvalue weighted by Gasteiger charge is -2.28. The number of hydrogen-bond acceptors (Lipinski definition) is 4. The Morgan fingerprint density at radius 1 is 1.09 bits per heavy atom. The van der Waals surface area contributed by atoms with Gasteiger partial charge < -0.3 is 15.7 Å². The van der Waals surface area contributed by atoms with Crippen molar-refractivity contribution in [3.05, 3.63) is 58.7 Å². The smallest absolute Gasteiger partial charge is 0.182 e. The standard InChI is InChI=1S/C30H43N3O2/c1-8-11-20-17-33(28(32)22(20)14-19-12-9-10-13-25(19)31)18-26(34)21-15-23(29(2,3)4)27(35)24(16-21)30(5,6)7/h9-10,12-13,15-16,20,22,32,35H,8,11,14,17-18,31H2,1-7H3/t20-,22+/m0/s1. The van der Waals surface area contributed by atoms with E-state index in [4.69, 9.17) is 11.1 Å². The number of phenols is 1. The third kappa shape index (κ3) is 5.88. The number of para-hydroxylation sites is 1. The van der Waals surface area contributed by atoms with Crippen molar-refractivity contribution in [2.75, 3.05) is 18.8 Å². The van der Waals surface area contributed by atoms with Crippen molar-refractivity contribution in [2.24, 2.45) is 11.8 Å². The van der Waals surface area contributed by atoms with Gasteiger partial charge in [-0.1, -0.05) is 73.1 Å². The summed E-state index contributed by atoms with van der Waals surface area (Å²) in [5, 5.41) is 20.0. The Balaban J connectivity index is 1.89. The maximum Gasteiger partial charge on any atom is 0.182 e. The fourth-order valence-electron chi connectivity index (χ4n) is 5.20. The summed E-state index contributed by atoms with van der Waals surface area (Å²) in [6, 6.07) is 11.6. The second-order valence-corrected chi connectivity index (χ2v) is 12.2. The molecule has 2 aromatic carbocycles. The fourth-order valence-corrected chi connectivity index (χ4v) is 5.20. The SMILES string of the molecule is CCC[C@H]1CN(CC(=O)c2cc(C(C)(C)C)c(O)c(C(C)(C)C)c2)C(=N)[C@@H]1Cc1ccccc1N. The van der Waals surface area contributed by atoms with Crippen LogP contribution in [0, 0.1) is 17.2 Å². The fraction of sp³-hybridized carbons (Fsp3) is 0.533. The maximum atomic E-state index is 13.6. The number of carbonyl (C=O) groups excluding carboxylic acids is 1. The first kappa shape index (κ1) is 26.8. The van der Waals surface area contributed by atoms with Crippen molar-refractivity contribution in [3.8, 4) is 5.75 Å². The molecule has 0 unspecified atom stereocenters. The number of Topliss-reactive ketones (excluding diaryl/α,β-unsaturated/α-hetero) is 1. The molecule has 3 rings (SSSR count). The summed E-state index contributed by atoms with van der Waals surface area (Å²) in [7, 11) is 0. The van der Waals surface area contributed by atoms with Crippen LogP contribution < -0.4 is 5.73 Å². The van der Waals surface area contributed by atoms with E-state index in [1.807, 2.05) is 82.8 Å². The first-order valence-corrected chi connectivity index (χ1v) is 12.8. The zero-order valence-corrected chi connectivity index (χ0v) is 22.5. The number of likely N-dealkylation sites (tertiary alicyclic amines) is 1. The van der Waals surface area contributed by atoms with Crippen molar-refractivity contribution >= 4 is 17.3 Å². The summed E-state index contributed by atoms with van der Waals surface area (Å²) >= 11 is 0. The molecule has 2 atom stereocenters. The molecular formula is C30H43N3O2. The van der Waals surface area contributed by atoms with Crippen LogP contribution >= 0.6 is 0 Å². The predicted molar refractivity (Wildman–Crippen MR) is 146 cm³/mol. The summed E-state index contributed by atoms with van der Waals surface area (Å²) in [4.78, 5) is 15.5. The van der Waals surface area contributed by atoms with Crippen LogP contribution in [0.4, 0.5) is 5.69 Å². The van der Waals surface area contributed by atoms with E-state index in [9.17, 15) is 9.90 Å². The van der Waals surface area contributed by atoms with Gasteiger partial charge in [0.1, 0.15) is 11.6 Å². The number of phenolic OH excluding ortho intramolecular Hbond substituents is 1. The van der Waals surface area contributed by atoms with Crippen LogP contribution in [0.15, 0.2) is 36.4 Å². The average Bonchev–Trinajstić information content (AvgIpc) is 3.03. The van der Waals surface area contributed by atoms with Crippen LogP contribution in [0.1, 0.15) is 88.4 Å². The van der Waals surface area contributed by atoms with Gasteiger partial charge in [0.25, 0.3) is 0 Å². The highest BCUT2D eigenvalue weighted by molar-refractivity contribution is 6.01. The number of carbonyl (C=O) groups is 1. The number of amidine groups is 1. The number of anilines is 1. The largest absolute Gasteiger partial charge is 0.507 e. The molecule has 5 nitrogen and oxygen atoms in total. The minimum absolute atomic E-state index is 0.0131. The summed E-state index contributed by atoms with van der Waals surface area (Å²) in [6.07, 6.45) is 2.79. The Labute approximate surface area is 211 Å². The maximum absolute atomic E-state index is 13.6. The Morgan fingerprint density at radius 3 is 2.17 bits per heavy atom. The highest BCUT2D eigenvalue weighted by atomic mass is 16.3. The molecule has 5 heteroatoms. The number of nitrogens with one attached hydrogen (secondary N) is 1. The molecule has 4 N–H and O–H groups in total. The monoisotopic (exact) mass is 477 g/mol. The van der Waals surface area contributed by atoms with Gasteiger partial charge in [-0.3, -0.25) is 10.2 Å². The second kappa shape index (κ2) is 10.0. The van der Waals surface area contributed by atoms with Crippen molar-refractivity contribution in [1.82, 2.24) is 4.90 Å². The average molecular weight is 478 g/mol. The molecule has 0 spiro atoms. The highest BCUT2D eigenvalue weighted by Gasteiger charge is 2.38. The van der Waals surface area contributed by atoms with Crippen molar-refractivity contribution < 1.29 is 9.90 Å². The number of ketones is 1. The van der Waals surface area contributed by atoms with Crippen molar-refractivity contribution in [3.63, 3.8) is 0 Å². The Kier molecular flexibility index (Phi) is 7.68. The normalized spacial score (nSPS) is 18.8. The molecule has 1 fully saturated rings. The number of hydrogen-bond donors (Lipinski definition) is 3. The number of aromatic hydroxyl groups is 1. The molecule has 0 aromatic heterocycles. The Hall–Kier alpha value is -2.82. The summed E-state index contributed by atoms with van der Waals surface area (Å²) in [5.41, 5.74) is 9.61. The minimum atomic E-state index is -0.298. The number of nitrogen functional groups attached to an aromatic ring is 1. The van der Waals surface area contributed by atoms with E-state index in [-0.39, 0.29) is 34.8 Å². The van der Waals surface area contributed by atoms with Crippen LogP contribution in [0.25, 0.3) is 0 Å². The van der Waals surface area contributed by atoms with Gasteiger partial charge in [-0.25, -0.2) is 0 Å². The van der Waals surface area contributed by atoms with E-state index in [2.05, 4.69) is 6.92 Å². The van der Waals surface area contributed by atoms with E-state index in [1.54, 1.807) is 0 Å². The first-order chi connectivity index (χ1) is 16.2. The number of benzene rings is 2. The van der Waals surface area contributed by atoms with Gasteiger partial charge in [-0.05, 0) is 53.4 Å². The van der Waals surface area contributed by atoms with E-state index in [1.165, 1.54) is 0 Å². The van der Waals surface area contributed by atoms with Gasteiger partial charge in [-0.15, -0.1) is 0 Å². The highest BCUT2D eigenvalue weighted by Crippen LogP contribution is 2.40. The molecule has 35 heavy (non-hydrogen) atoms. The van der Waals surface area contributed by atoms with Gasteiger partial charge in [-0.2, -0.15) is 0 Å². The Morgan fingerprint density at radius 2 is 1.66 bits per heavy atom. The van der Waals surface area contributed by atoms with Crippen molar-refractivity contribution in [1.29, 1.82) is 5.41 Å². The van der Waals surface area contributed by atoms with Crippen LogP contribution in [0.2, 0.25) is 0 Å². The summed E-state index contributed by atoms with van der Waals surface area (Å²) < 4.78 is 0. The van der Waals surface area contributed by atoms with E-state index in [0.29, 0.717) is 23.9 Å². The van der Waals surface area contributed by atoms with E-state index in [0.717, 1.165) is 41.6 Å². The van der Waals surface area contributed by atoms with E-state index >= 15 is 0 Å². The molecule has 0 radical (unpaired) electrons. The molecule has 0 amide bonds. The Bertz CT molecular complexity index is 1060. The zero-order chi connectivity index (χ0) is 26.1. The molecular weight excluding hydrogens is 434 g/mol. The summed E-state index contributed by atoms with van der Waals surface area (Å²) in [6.45, 7) is 15.4. The topological polar surface area (TPSA) is 90.4 Å². The molecule has 1 aliphatic heterocycles. The van der Waals surface area contributed by atoms with Gasteiger partial charge in [0.05, 0.1) is 6.54 Å². The number of rotatable bonds is 7. The van der Waals surface area contributed by atoms with Gasteiger partial charge >= 0.3 is 0 Å². The lowest BCUT2D eigenvalue weighted by atomic mass is 9.78. The quantitative estimate of drug-likeness (QED) is 0.321. The van der Waals surface area contributed by atoms with Crippen molar-refractivity contribution in [2.45, 2.75) is 78.6 Å². The molecule has 1 heterocycles. The minimum Gasteiger partial charge on any atom is -0.507 e. The van der Waals surface area contributed by atoms with Gasteiger partial charge in [0, 0.05) is 34.8 Å². The molecule has 0 aliphatic carbocycles. The molecule has 1 saturated heterocycles. The lowest BCUT2D eigenvalue weighted by molar-refractivity contribution is 0.0963. The third-order valence-corrected chi connectivity index (χ3v) is 7.25. The number of nitrogens with two attached hydrogens (primary N) is 1.